The molecule has 0 saturated heterocycles. The summed E-state index contributed by atoms with van der Waals surface area (Å²) in [5.41, 5.74) is 5.32. The van der Waals surface area contributed by atoms with Crippen LogP contribution in [0.4, 0.5) is 5.69 Å². The molecule has 0 spiro atoms. The van der Waals surface area contributed by atoms with Gasteiger partial charge in [0.05, 0.1) is 0 Å². The molecule has 0 saturated carbocycles. The number of rotatable bonds is 5. The van der Waals surface area contributed by atoms with Crippen LogP contribution in [-0.2, 0) is 0 Å². The number of carbonyl (C=O) groups is 1. The Hall–Kier alpha value is -3.11. The number of benzene rings is 3. The van der Waals surface area contributed by atoms with Gasteiger partial charge in [0, 0.05) is 17.8 Å². The Morgan fingerprint density at radius 2 is 1.72 bits per heavy atom. The monoisotopic (exact) mass is 332 g/mol. The predicted molar refractivity (Wildman–Crippen MR) is 102 cm³/mol. The summed E-state index contributed by atoms with van der Waals surface area (Å²) in [7, 11) is 0. The molecule has 4 nitrogen and oxygen atoms in total. The van der Waals surface area contributed by atoms with E-state index in [9.17, 15) is 4.79 Å². The van der Waals surface area contributed by atoms with E-state index in [0.717, 1.165) is 17.8 Å². The third-order valence-corrected chi connectivity index (χ3v) is 4.01. The molecule has 0 atom stereocenters. The standard InChI is InChI=1S/C21H20N2O2/c1-15(12-16-6-8-18(9-7-16)21(24)23-25)14-22-20-11-10-17-4-2-3-5-19(17)13-20/h2-13,22,25H,14H2,1H3,(H,23,24)/b15-12+. The van der Waals surface area contributed by atoms with Crippen molar-refractivity contribution in [2.24, 2.45) is 0 Å². The first-order valence-electron chi connectivity index (χ1n) is 8.10. The van der Waals surface area contributed by atoms with E-state index in [-0.39, 0.29) is 0 Å². The van der Waals surface area contributed by atoms with Crippen molar-refractivity contribution in [3.8, 4) is 0 Å². The van der Waals surface area contributed by atoms with Crippen LogP contribution in [0.1, 0.15) is 22.8 Å². The molecule has 0 fully saturated rings. The lowest BCUT2D eigenvalue weighted by Crippen LogP contribution is -2.18. The van der Waals surface area contributed by atoms with Gasteiger partial charge in [-0.25, -0.2) is 5.48 Å². The average molecular weight is 332 g/mol. The minimum atomic E-state index is -0.509. The molecule has 0 aliphatic carbocycles. The van der Waals surface area contributed by atoms with Crippen LogP contribution in [0.2, 0.25) is 0 Å². The van der Waals surface area contributed by atoms with E-state index < -0.39 is 5.91 Å². The molecule has 3 aromatic carbocycles. The van der Waals surface area contributed by atoms with E-state index in [2.05, 4.69) is 48.6 Å². The molecule has 0 aliphatic rings. The number of nitrogens with one attached hydrogen (secondary N) is 2. The molecule has 0 bridgehead atoms. The van der Waals surface area contributed by atoms with Gasteiger partial charge in [0.25, 0.3) is 5.91 Å². The molecule has 1 amide bonds. The van der Waals surface area contributed by atoms with Gasteiger partial charge in [-0.3, -0.25) is 10.0 Å². The van der Waals surface area contributed by atoms with Crippen LogP contribution >= 0.6 is 0 Å². The van der Waals surface area contributed by atoms with Crippen LogP contribution < -0.4 is 10.8 Å². The van der Waals surface area contributed by atoms with Crippen LogP contribution in [0.5, 0.6) is 0 Å². The van der Waals surface area contributed by atoms with Crippen molar-refractivity contribution in [3.63, 3.8) is 0 Å². The highest BCUT2D eigenvalue weighted by molar-refractivity contribution is 5.93. The second-order valence-corrected chi connectivity index (χ2v) is 5.97. The van der Waals surface area contributed by atoms with E-state index in [1.165, 1.54) is 16.3 Å². The number of fused-ring (bicyclic) bond motifs is 1. The summed E-state index contributed by atoms with van der Waals surface area (Å²) in [6.45, 7) is 2.79. The molecule has 126 valence electrons. The maximum atomic E-state index is 11.3. The zero-order valence-electron chi connectivity index (χ0n) is 14.0. The Morgan fingerprint density at radius 1 is 1.00 bits per heavy atom. The summed E-state index contributed by atoms with van der Waals surface area (Å²) in [4.78, 5) is 11.3. The first-order chi connectivity index (χ1) is 12.2. The van der Waals surface area contributed by atoms with Crippen molar-refractivity contribution in [3.05, 3.63) is 83.4 Å². The van der Waals surface area contributed by atoms with Crippen molar-refractivity contribution in [1.29, 1.82) is 0 Å². The third kappa shape index (κ3) is 4.25. The van der Waals surface area contributed by atoms with E-state index in [4.69, 9.17) is 5.21 Å². The van der Waals surface area contributed by atoms with Gasteiger partial charge in [-0.2, -0.15) is 0 Å². The topological polar surface area (TPSA) is 61.4 Å². The molecule has 0 aromatic heterocycles. The Bertz CT molecular complexity index is 915. The van der Waals surface area contributed by atoms with Crippen LogP contribution in [0.3, 0.4) is 0 Å². The molecule has 3 aromatic rings. The summed E-state index contributed by atoms with van der Waals surface area (Å²) in [6.07, 6.45) is 2.06. The van der Waals surface area contributed by atoms with Gasteiger partial charge in [0.1, 0.15) is 0 Å². The molecule has 0 heterocycles. The summed E-state index contributed by atoms with van der Waals surface area (Å²) in [5.74, 6) is -0.509. The highest BCUT2D eigenvalue weighted by Crippen LogP contribution is 2.19. The smallest absolute Gasteiger partial charge is 0.274 e. The number of amides is 1. The molecule has 0 aliphatic heterocycles. The van der Waals surface area contributed by atoms with E-state index in [0.29, 0.717) is 5.56 Å². The fraction of sp³-hybridized carbons (Fsp3) is 0.0952. The molecular weight excluding hydrogens is 312 g/mol. The summed E-state index contributed by atoms with van der Waals surface area (Å²) >= 11 is 0. The van der Waals surface area contributed by atoms with Gasteiger partial charge in [-0.15, -0.1) is 0 Å². The third-order valence-electron chi connectivity index (χ3n) is 4.01. The SMILES string of the molecule is C/C(=C\c1ccc(C(=O)NO)cc1)CNc1ccc2ccccc2c1. The zero-order chi connectivity index (χ0) is 17.6. The van der Waals surface area contributed by atoms with Crippen molar-refractivity contribution in [1.82, 2.24) is 5.48 Å². The Morgan fingerprint density at radius 3 is 2.44 bits per heavy atom. The number of hydroxylamine groups is 1. The summed E-state index contributed by atoms with van der Waals surface area (Å²) < 4.78 is 0. The van der Waals surface area contributed by atoms with E-state index >= 15 is 0 Å². The quantitative estimate of drug-likeness (QED) is 0.477. The van der Waals surface area contributed by atoms with Gasteiger partial charge in [-0.1, -0.05) is 54.1 Å². The van der Waals surface area contributed by atoms with Gasteiger partial charge >= 0.3 is 0 Å². The Balaban J connectivity index is 1.65. The van der Waals surface area contributed by atoms with Crippen molar-refractivity contribution >= 4 is 28.4 Å². The van der Waals surface area contributed by atoms with Gasteiger partial charge in [0.15, 0.2) is 0 Å². The normalized spacial score (nSPS) is 11.4. The summed E-state index contributed by atoms with van der Waals surface area (Å²) in [6, 6.07) is 21.7. The van der Waals surface area contributed by atoms with Gasteiger partial charge < -0.3 is 5.32 Å². The first kappa shape index (κ1) is 16.7. The van der Waals surface area contributed by atoms with Gasteiger partial charge in [-0.05, 0) is 47.5 Å². The number of hydrogen-bond acceptors (Lipinski definition) is 3. The second-order valence-electron chi connectivity index (χ2n) is 5.97. The highest BCUT2D eigenvalue weighted by Gasteiger charge is 2.02. The minimum Gasteiger partial charge on any atom is -0.381 e. The lowest BCUT2D eigenvalue weighted by molar-refractivity contribution is 0.0706. The highest BCUT2D eigenvalue weighted by atomic mass is 16.5. The maximum absolute atomic E-state index is 11.3. The van der Waals surface area contributed by atoms with Crippen LogP contribution in [0.15, 0.2) is 72.3 Å². The van der Waals surface area contributed by atoms with Crippen molar-refractivity contribution in [2.45, 2.75) is 6.92 Å². The van der Waals surface area contributed by atoms with Crippen molar-refractivity contribution in [2.75, 3.05) is 11.9 Å². The number of hydrogen-bond donors (Lipinski definition) is 3. The van der Waals surface area contributed by atoms with Crippen LogP contribution in [0.25, 0.3) is 16.8 Å². The van der Waals surface area contributed by atoms with Crippen molar-refractivity contribution < 1.29 is 10.0 Å². The van der Waals surface area contributed by atoms with Crippen LogP contribution in [-0.4, -0.2) is 17.7 Å². The largest absolute Gasteiger partial charge is 0.381 e. The second kappa shape index (κ2) is 7.64. The fourth-order valence-electron chi connectivity index (χ4n) is 2.67. The molecular formula is C21H20N2O2. The maximum Gasteiger partial charge on any atom is 0.274 e. The summed E-state index contributed by atoms with van der Waals surface area (Å²) in [5, 5.41) is 14.5. The molecule has 0 unspecified atom stereocenters. The molecule has 3 rings (SSSR count). The number of anilines is 1. The lowest BCUT2D eigenvalue weighted by Gasteiger charge is -2.08. The zero-order valence-corrected chi connectivity index (χ0v) is 14.0. The first-order valence-corrected chi connectivity index (χ1v) is 8.10. The molecule has 4 heteroatoms. The number of carbonyl (C=O) groups excluding carboxylic acids is 1. The van der Waals surface area contributed by atoms with E-state index in [1.54, 1.807) is 17.6 Å². The van der Waals surface area contributed by atoms with Crippen LogP contribution in [0, 0.1) is 0 Å². The molecule has 0 radical (unpaired) electrons. The average Bonchev–Trinajstić information content (AvgIpc) is 2.66. The Kier molecular flexibility index (Phi) is 5.11. The van der Waals surface area contributed by atoms with Gasteiger partial charge in [0.2, 0.25) is 0 Å². The Labute approximate surface area is 146 Å². The van der Waals surface area contributed by atoms with E-state index in [1.807, 2.05) is 24.3 Å². The lowest BCUT2D eigenvalue weighted by atomic mass is 10.1. The molecule has 25 heavy (non-hydrogen) atoms. The fourth-order valence-corrected chi connectivity index (χ4v) is 2.67. The predicted octanol–water partition coefficient (Wildman–Crippen LogP) is 4.47. The molecule has 3 N–H and O–H groups in total. The minimum absolute atomic E-state index is 0.423.